The second-order valence-corrected chi connectivity index (χ2v) is 6.76. The Kier molecular flexibility index (Phi) is 8.49. The summed E-state index contributed by atoms with van der Waals surface area (Å²) in [5, 5.41) is 15.1. The maximum atomic E-state index is 4.78. The van der Waals surface area contributed by atoms with E-state index in [0.717, 1.165) is 50.7 Å². The summed E-state index contributed by atoms with van der Waals surface area (Å²) in [6.45, 7) is 9.00. The molecular weight excluding hydrogens is 312 g/mol. The third-order valence-corrected chi connectivity index (χ3v) is 4.74. The van der Waals surface area contributed by atoms with Crippen LogP contribution in [0.4, 0.5) is 0 Å². The van der Waals surface area contributed by atoms with Gasteiger partial charge in [-0.2, -0.15) is 0 Å². The van der Waals surface area contributed by atoms with Crippen molar-refractivity contribution in [2.75, 3.05) is 13.1 Å². The van der Waals surface area contributed by atoms with Crippen molar-refractivity contribution in [3.63, 3.8) is 0 Å². The fourth-order valence-electron chi connectivity index (χ4n) is 2.97. The molecule has 0 fully saturated rings. The van der Waals surface area contributed by atoms with Crippen molar-refractivity contribution in [2.45, 2.75) is 78.3 Å². The Morgan fingerprint density at radius 1 is 1.36 bits per heavy atom. The van der Waals surface area contributed by atoms with E-state index in [4.69, 9.17) is 4.99 Å². The van der Waals surface area contributed by atoms with Crippen LogP contribution in [0.1, 0.15) is 65.1 Å². The quantitative estimate of drug-likeness (QED) is 0.410. The molecule has 0 amide bonds. The van der Waals surface area contributed by atoms with E-state index in [1.807, 2.05) is 0 Å². The van der Waals surface area contributed by atoms with Crippen LogP contribution in [0.25, 0.3) is 0 Å². The highest BCUT2D eigenvalue weighted by molar-refractivity contribution is 5.80. The van der Waals surface area contributed by atoms with Crippen LogP contribution >= 0.6 is 0 Å². The Morgan fingerprint density at radius 2 is 2.24 bits per heavy atom. The summed E-state index contributed by atoms with van der Waals surface area (Å²) in [6, 6.07) is 0.418. The van der Waals surface area contributed by atoms with Gasteiger partial charge in [-0.1, -0.05) is 25.5 Å². The van der Waals surface area contributed by atoms with E-state index < -0.39 is 0 Å². The summed E-state index contributed by atoms with van der Waals surface area (Å²) in [5.74, 6) is 1.94. The molecule has 1 aromatic heterocycles. The lowest BCUT2D eigenvalue weighted by atomic mass is 9.97. The first kappa shape index (κ1) is 19.5. The summed E-state index contributed by atoms with van der Waals surface area (Å²) < 4.78 is 2.10. The van der Waals surface area contributed by atoms with Crippen molar-refractivity contribution in [3.05, 3.63) is 23.8 Å². The SMILES string of the molecule is CCc1nncn1CCNC(=NCCC1=CCCCC1)NC(C)CC. The van der Waals surface area contributed by atoms with Crippen molar-refractivity contribution in [1.29, 1.82) is 0 Å². The van der Waals surface area contributed by atoms with Crippen molar-refractivity contribution in [1.82, 2.24) is 25.4 Å². The summed E-state index contributed by atoms with van der Waals surface area (Å²) in [6.07, 6.45) is 12.5. The highest BCUT2D eigenvalue weighted by Crippen LogP contribution is 2.19. The van der Waals surface area contributed by atoms with Gasteiger partial charge in [0.15, 0.2) is 5.96 Å². The smallest absolute Gasteiger partial charge is 0.191 e. The van der Waals surface area contributed by atoms with Gasteiger partial charge in [-0.15, -0.1) is 10.2 Å². The molecule has 0 saturated heterocycles. The predicted molar refractivity (Wildman–Crippen MR) is 104 cm³/mol. The zero-order valence-corrected chi connectivity index (χ0v) is 16.1. The lowest BCUT2D eigenvalue weighted by Crippen LogP contribution is -2.43. The Balaban J connectivity index is 1.83. The lowest BCUT2D eigenvalue weighted by molar-refractivity contribution is 0.598. The van der Waals surface area contributed by atoms with E-state index in [1.54, 1.807) is 11.9 Å². The third-order valence-electron chi connectivity index (χ3n) is 4.74. The number of aromatic nitrogens is 3. The van der Waals surface area contributed by atoms with Crippen LogP contribution in [-0.2, 0) is 13.0 Å². The number of aryl methyl sites for hydroxylation is 1. The number of aliphatic imine (C=N–C) groups is 1. The highest BCUT2D eigenvalue weighted by Gasteiger charge is 2.06. The molecule has 0 aliphatic heterocycles. The van der Waals surface area contributed by atoms with Crippen LogP contribution in [0.15, 0.2) is 23.0 Å². The van der Waals surface area contributed by atoms with Gasteiger partial charge in [0.05, 0.1) is 0 Å². The molecule has 0 aromatic carbocycles. The number of rotatable bonds is 9. The van der Waals surface area contributed by atoms with Gasteiger partial charge in [0, 0.05) is 32.1 Å². The standard InChI is InChI=1S/C19H34N6/c1-4-16(3)23-19(20-12-11-17-9-7-6-8-10-17)21-13-14-25-15-22-24-18(25)5-2/h9,15-16H,4-8,10-14H2,1-3H3,(H2,20,21,23). The average Bonchev–Trinajstić information content (AvgIpc) is 3.09. The van der Waals surface area contributed by atoms with Crippen LogP contribution in [0, 0.1) is 0 Å². The second kappa shape index (κ2) is 10.9. The first-order valence-electron chi connectivity index (χ1n) is 9.82. The number of hydrogen-bond acceptors (Lipinski definition) is 3. The molecule has 1 unspecified atom stereocenters. The zero-order valence-electron chi connectivity index (χ0n) is 16.1. The summed E-state index contributed by atoms with van der Waals surface area (Å²) in [4.78, 5) is 4.78. The first-order valence-corrected chi connectivity index (χ1v) is 9.82. The average molecular weight is 347 g/mol. The van der Waals surface area contributed by atoms with Crippen LogP contribution in [0.5, 0.6) is 0 Å². The molecule has 25 heavy (non-hydrogen) atoms. The van der Waals surface area contributed by atoms with E-state index in [-0.39, 0.29) is 0 Å². The molecule has 1 atom stereocenters. The molecule has 1 aliphatic carbocycles. The topological polar surface area (TPSA) is 67.1 Å². The minimum absolute atomic E-state index is 0.418. The Labute approximate surface area is 152 Å². The van der Waals surface area contributed by atoms with Crippen LogP contribution < -0.4 is 10.6 Å². The van der Waals surface area contributed by atoms with E-state index in [9.17, 15) is 0 Å². The monoisotopic (exact) mass is 346 g/mol. The Morgan fingerprint density at radius 3 is 2.96 bits per heavy atom. The summed E-state index contributed by atoms with van der Waals surface area (Å²) >= 11 is 0. The molecule has 0 bridgehead atoms. The number of nitrogens with one attached hydrogen (secondary N) is 2. The molecule has 1 heterocycles. The van der Waals surface area contributed by atoms with E-state index >= 15 is 0 Å². The van der Waals surface area contributed by atoms with Gasteiger partial charge in [-0.25, -0.2) is 0 Å². The minimum Gasteiger partial charge on any atom is -0.355 e. The molecule has 6 nitrogen and oxygen atoms in total. The molecule has 140 valence electrons. The molecule has 0 radical (unpaired) electrons. The molecule has 2 rings (SSSR count). The van der Waals surface area contributed by atoms with Crippen molar-refractivity contribution in [2.24, 2.45) is 4.99 Å². The van der Waals surface area contributed by atoms with Gasteiger partial charge >= 0.3 is 0 Å². The highest BCUT2D eigenvalue weighted by atomic mass is 15.3. The number of nitrogens with zero attached hydrogens (tertiary/aromatic N) is 4. The normalized spacial score (nSPS) is 16.4. The molecule has 0 saturated carbocycles. The fourth-order valence-corrected chi connectivity index (χ4v) is 2.97. The third kappa shape index (κ3) is 6.88. The minimum atomic E-state index is 0.418. The number of hydrogen-bond donors (Lipinski definition) is 2. The maximum absolute atomic E-state index is 4.78. The summed E-state index contributed by atoms with van der Waals surface area (Å²) in [7, 11) is 0. The van der Waals surface area contributed by atoms with Gasteiger partial charge in [0.2, 0.25) is 0 Å². The van der Waals surface area contributed by atoms with Gasteiger partial charge in [-0.05, 0) is 45.4 Å². The van der Waals surface area contributed by atoms with Gasteiger partial charge in [0.1, 0.15) is 12.2 Å². The number of guanidine groups is 1. The van der Waals surface area contributed by atoms with E-state index in [2.05, 4.69) is 52.2 Å². The zero-order chi connectivity index (χ0) is 17.9. The van der Waals surface area contributed by atoms with Crippen LogP contribution in [0.2, 0.25) is 0 Å². The van der Waals surface area contributed by atoms with Crippen molar-refractivity contribution < 1.29 is 0 Å². The molecular formula is C19H34N6. The summed E-state index contributed by atoms with van der Waals surface area (Å²) in [5.41, 5.74) is 1.58. The maximum Gasteiger partial charge on any atom is 0.191 e. The number of allylic oxidation sites excluding steroid dienone is 1. The van der Waals surface area contributed by atoms with Crippen LogP contribution in [-0.4, -0.2) is 39.9 Å². The van der Waals surface area contributed by atoms with Gasteiger partial charge in [-0.3, -0.25) is 4.99 Å². The molecule has 0 spiro atoms. The molecule has 6 heteroatoms. The van der Waals surface area contributed by atoms with Crippen molar-refractivity contribution in [3.8, 4) is 0 Å². The van der Waals surface area contributed by atoms with Gasteiger partial charge in [0.25, 0.3) is 0 Å². The fraction of sp³-hybridized carbons (Fsp3) is 0.737. The lowest BCUT2D eigenvalue weighted by Gasteiger charge is -2.18. The van der Waals surface area contributed by atoms with E-state index in [0.29, 0.717) is 6.04 Å². The predicted octanol–water partition coefficient (Wildman–Crippen LogP) is 3.06. The largest absolute Gasteiger partial charge is 0.355 e. The molecule has 1 aromatic rings. The van der Waals surface area contributed by atoms with E-state index in [1.165, 1.54) is 25.7 Å². The first-order chi connectivity index (χ1) is 12.2. The van der Waals surface area contributed by atoms with Gasteiger partial charge < -0.3 is 15.2 Å². The van der Waals surface area contributed by atoms with Crippen LogP contribution in [0.3, 0.4) is 0 Å². The Hall–Kier alpha value is -1.85. The van der Waals surface area contributed by atoms with Crippen molar-refractivity contribution >= 4 is 5.96 Å². The Bertz CT molecular complexity index is 560. The molecule has 2 N–H and O–H groups in total. The molecule has 1 aliphatic rings. The second-order valence-electron chi connectivity index (χ2n) is 6.76.